The fourth-order valence-electron chi connectivity index (χ4n) is 3.24. The highest BCUT2D eigenvalue weighted by atomic mass is 19.1. The second-order valence-corrected chi connectivity index (χ2v) is 6.28. The van der Waals surface area contributed by atoms with E-state index in [0.717, 1.165) is 19.6 Å². The van der Waals surface area contributed by atoms with E-state index in [1.165, 1.54) is 25.0 Å². The first-order chi connectivity index (χ1) is 9.58. The lowest BCUT2D eigenvalue weighted by Gasteiger charge is -2.38. The van der Waals surface area contributed by atoms with E-state index in [-0.39, 0.29) is 11.5 Å². The molecule has 2 aliphatic rings. The van der Waals surface area contributed by atoms with Crippen LogP contribution in [0.5, 0.6) is 0 Å². The molecule has 110 valence electrons. The zero-order chi connectivity index (χ0) is 14.3. The summed E-state index contributed by atoms with van der Waals surface area (Å²) >= 11 is 0. The Balaban J connectivity index is 1.92. The van der Waals surface area contributed by atoms with Gasteiger partial charge >= 0.3 is 0 Å². The third-order valence-electron chi connectivity index (χ3n) is 4.42. The van der Waals surface area contributed by atoms with Crippen LogP contribution in [0, 0.1) is 17.6 Å². The lowest BCUT2D eigenvalue weighted by atomic mass is 10.00. The normalized spacial score (nSPS) is 23.4. The average Bonchev–Trinajstić information content (AvgIpc) is 3.21. The minimum atomic E-state index is -0.414. The molecule has 0 bridgehead atoms. The first-order valence-electron chi connectivity index (χ1n) is 7.54. The maximum atomic E-state index is 14.2. The molecule has 1 aliphatic carbocycles. The van der Waals surface area contributed by atoms with Gasteiger partial charge in [0.25, 0.3) is 0 Å². The Labute approximate surface area is 119 Å². The number of halogens is 2. The van der Waals surface area contributed by atoms with Crippen molar-refractivity contribution in [2.75, 3.05) is 24.5 Å². The number of piperazine rings is 1. The van der Waals surface area contributed by atoms with Gasteiger partial charge in [-0.25, -0.2) is 8.78 Å². The van der Waals surface area contributed by atoms with Gasteiger partial charge in [0, 0.05) is 36.9 Å². The Bertz CT molecular complexity index is 474. The summed E-state index contributed by atoms with van der Waals surface area (Å²) in [5.41, 5.74) is 0.898. The summed E-state index contributed by atoms with van der Waals surface area (Å²) < 4.78 is 28.4. The van der Waals surface area contributed by atoms with Crippen molar-refractivity contribution >= 4 is 5.69 Å². The van der Waals surface area contributed by atoms with Gasteiger partial charge in [-0.3, -0.25) is 0 Å². The van der Waals surface area contributed by atoms with Gasteiger partial charge in [-0.1, -0.05) is 13.8 Å². The van der Waals surface area contributed by atoms with Crippen molar-refractivity contribution in [1.82, 2.24) is 5.32 Å². The summed E-state index contributed by atoms with van der Waals surface area (Å²) in [5.74, 6) is -0.281. The molecular formula is C16H22F2N2. The van der Waals surface area contributed by atoms with Crippen molar-refractivity contribution in [2.24, 2.45) is 5.92 Å². The van der Waals surface area contributed by atoms with Crippen LogP contribution in [0.3, 0.4) is 0 Å². The average molecular weight is 280 g/mol. The highest BCUT2D eigenvalue weighted by Crippen LogP contribution is 2.38. The minimum Gasteiger partial charge on any atom is -0.366 e. The summed E-state index contributed by atoms with van der Waals surface area (Å²) in [7, 11) is 0. The van der Waals surface area contributed by atoms with Crippen LogP contribution >= 0.6 is 0 Å². The van der Waals surface area contributed by atoms with E-state index in [0.29, 0.717) is 17.6 Å². The van der Waals surface area contributed by atoms with Gasteiger partial charge in [0.05, 0.1) is 0 Å². The van der Waals surface area contributed by atoms with Crippen LogP contribution < -0.4 is 10.2 Å². The summed E-state index contributed by atoms with van der Waals surface area (Å²) in [4.78, 5) is 2.18. The number of hydrogen-bond donors (Lipinski definition) is 1. The zero-order valence-electron chi connectivity index (χ0n) is 12.1. The van der Waals surface area contributed by atoms with Crippen LogP contribution in [-0.2, 0) is 0 Å². The molecule has 0 unspecified atom stereocenters. The third-order valence-corrected chi connectivity index (χ3v) is 4.42. The molecule has 1 aliphatic heterocycles. The van der Waals surface area contributed by atoms with Gasteiger partial charge in [-0.2, -0.15) is 0 Å². The third kappa shape index (κ3) is 2.53. The van der Waals surface area contributed by atoms with E-state index in [2.05, 4.69) is 10.2 Å². The van der Waals surface area contributed by atoms with Gasteiger partial charge in [0.2, 0.25) is 0 Å². The van der Waals surface area contributed by atoms with Crippen LogP contribution in [0.4, 0.5) is 14.5 Å². The van der Waals surface area contributed by atoms with Crippen molar-refractivity contribution in [3.63, 3.8) is 0 Å². The number of anilines is 1. The summed E-state index contributed by atoms with van der Waals surface area (Å²) in [6.45, 7) is 6.25. The molecule has 1 aromatic carbocycles. The van der Waals surface area contributed by atoms with E-state index in [1.807, 2.05) is 13.8 Å². The lowest BCUT2D eigenvalue weighted by molar-refractivity contribution is 0.438. The molecule has 20 heavy (non-hydrogen) atoms. The zero-order valence-corrected chi connectivity index (χ0v) is 12.1. The van der Waals surface area contributed by atoms with Crippen LogP contribution in [0.25, 0.3) is 0 Å². The van der Waals surface area contributed by atoms with Crippen molar-refractivity contribution in [1.29, 1.82) is 0 Å². The Morgan fingerprint density at radius 1 is 1.20 bits per heavy atom. The molecule has 0 amide bonds. The molecule has 4 heteroatoms. The largest absolute Gasteiger partial charge is 0.366 e. The lowest BCUT2D eigenvalue weighted by Crippen LogP contribution is -2.52. The Kier molecular flexibility index (Phi) is 3.67. The molecule has 2 nitrogen and oxygen atoms in total. The maximum Gasteiger partial charge on any atom is 0.131 e. The predicted octanol–water partition coefficient (Wildman–Crippen LogP) is 3.28. The van der Waals surface area contributed by atoms with Crippen molar-refractivity contribution < 1.29 is 8.78 Å². The van der Waals surface area contributed by atoms with E-state index in [9.17, 15) is 8.78 Å². The highest BCUT2D eigenvalue weighted by molar-refractivity contribution is 5.51. The molecule has 2 fully saturated rings. The number of nitrogens with one attached hydrogen (secondary N) is 1. The number of nitrogens with zero attached hydrogens (tertiary/aromatic N) is 1. The van der Waals surface area contributed by atoms with Gasteiger partial charge < -0.3 is 10.2 Å². The van der Waals surface area contributed by atoms with Crippen LogP contribution in [0.2, 0.25) is 0 Å². The van der Waals surface area contributed by atoms with E-state index < -0.39 is 11.6 Å². The van der Waals surface area contributed by atoms with Crippen molar-refractivity contribution in [2.45, 2.75) is 38.6 Å². The number of hydrogen-bond acceptors (Lipinski definition) is 2. The van der Waals surface area contributed by atoms with Crippen molar-refractivity contribution in [3.8, 4) is 0 Å². The molecule has 0 radical (unpaired) electrons. The Morgan fingerprint density at radius 3 is 2.40 bits per heavy atom. The second-order valence-electron chi connectivity index (χ2n) is 6.28. The number of benzene rings is 1. The molecule has 1 heterocycles. The predicted molar refractivity (Wildman–Crippen MR) is 77.2 cm³/mol. The molecule has 0 aromatic heterocycles. The van der Waals surface area contributed by atoms with Gasteiger partial charge in [-0.05, 0) is 36.8 Å². The first-order valence-corrected chi connectivity index (χ1v) is 7.54. The molecule has 1 N–H and O–H groups in total. The first kappa shape index (κ1) is 13.8. The Morgan fingerprint density at radius 2 is 1.85 bits per heavy atom. The summed E-state index contributed by atoms with van der Waals surface area (Å²) in [6, 6.07) is 3.41. The highest BCUT2D eigenvalue weighted by Gasteiger charge is 2.37. The molecule has 1 atom stereocenters. The van der Waals surface area contributed by atoms with Crippen LogP contribution in [-0.4, -0.2) is 25.7 Å². The topological polar surface area (TPSA) is 15.3 Å². The van der Waals surface area contributed by atoms with Crippen LogP contribution in [0.15, 0.2) is 12.1 Å². The molecule has 1 aromatic rings. The van der Waals surface area contributed by atoms with E-state index in [4.69, 9.17) is 0 Å². The van der Waals surface area contributed by atoms with E-state index >= 15 is 0 Å². The van der Waals surface area contributed by atoms with E-state index in [1.54, 1.807) is 0 Å². The fraction of sp³-hybridized carbons (Fsp3) is 0.625. The van der Waals surface area contributed by atoms with Gasteiger partial charge in [0.15, 0.2) is 0 Å². The van der Waals surface area contributed by atoms with Gasteiger partial charge in [-0.15, -0.1) is 0 Å². The van der Waals surface area contributed by atoms with Crippen molar-refractivity contribution in [3.05, 3.63) is 29.3 Å². The summed E-state index contributed by atoms with van der Waals surface area (Å²) in [6.07, 6.45) is 2.47. The van der Waals surface area contributed by atoms with Crippen LogP contribution in [0.1, 0.15) is 38.2 Å². The molecule has 3 rings (SSSR count). The standard InChI is InChI=1S/C16H22F2N2/c1-10(2)16-13(17)7-12(8-14(16)18)20-6-5-19-9-15(20)11-3-4-11/h7-8,10-11,15,19H,3-6,9H2,1-2H3/t15-/m1/s1. The minimum absolute atomic E-state index is 0.133. The second kappa shape index (κ2) is 5.32. The monoisotopic (exact) mass is 280 g/mol. The quantitative estimate of drug-likeness (QED) is 0.914. The number of rotatable bonds is 3. The smallest absolute Gasteiger partial charge is 0.131 e. The SMILES string of the molecule is CC(C)c1c(F)cc(N2CCNC[C@@H]2C2CC2)cc1F. The summed E-state index contributed by atoms with van der Waals surface area (Å²) in [5, 5.41) is 3.39. The molecule has 0 spiro atoms. The van der Waals surface area contributed by atoms with Gasteiger partial charge in [0.1, 0.15) is 11.6 Å². The molecule has 1 saturated carbocycles. The Hall–Kier alpha value is -1.16. The molecular weight excluding hydrogens is 258 g/mol. The maximum absolute atomic E-state index is 14.2. The molecule has 1 saturated heterocycles. The fourth-order valence-corrected chi connectivity index (χ4v) is 3.24.